The van der Waals surface area contributed by atoms with E-state index in [9.17, 15) is 4.79 Å². The fourth-order valence-electron chi connectivity index (χ4n) is 2.67. The van der Waals surface area contributed by atoms with Crippen LogP contribution >= 0.6 is 0 Å². The second-order valence-electron chi connectivity index (χ2n) is 5.77. The van der Waals surface area contributed by atoms with Gasteiger partial charge in [-0.05, 0) is 37.5 Å². The van der Waals surface area contributed by atoms with Crippen LogP contribution in [0.1, 0.15) is 37.3 Å². The summed E-state index contributed by atoms with van der Waals surface area (Å²) in [5, 5.41) is 15.4. The lowest BCUT2D eigenvalue weighted by molar-refractivity contribution is -0.127. The van der Waals surface area contributed by atoms with Gasteiger partial charge in [-0.25, -0.2) is 4.99 Å². The first kappa shape index (κ1) is 17.8. The lowest BCUT2D eigenvalue weighted by Crippen LogP contribution is -2.39. The van der Waals surface area contributed by atoms with Crippen LogP contribution in [-0.2, 0) is 11.3 Å². The normalized spacial score (nSPS) is 14.6. The second-order valence-corrected chi connectivity index (χ2v) is 5.77. The fraction of sp³-hybridized carbons (Fsp3) is 0.500. The number of hydrogen-bond acceptors (Lipinski definition) is 3. The van der Waals surface area contributed by atoms with Gasteiger partial charge in [-0.15, -0.1) is 0 Å². The Labute approximate surface area is 143 Å². The van der Waals surface area contributed by atoms with E-state index in [1.165, 1.54) is 0 Å². The number of amides is 1. The Bertz CT molecular complexity index is 620. The maximum Gasteiger partial charge on any atom is 0.222 e. The zero-order valence-corrected chi connectivity index (χ0v) is 14.2. The van der Waals surface area contributed by atoms with Gasteiger partial charge in [-0.2, -0.15) is 5.26 Å². The summed E-state index contributed by atoms with van der Waals surface area (Å²) in [6.07, 6.45) is 2.58. The van der Waals surface area contributed by atoms with Crippen LogP contribution in [0.3, 0.4) is 0 Å². The van der Waals surface area contributed by atoms with Crippen LogP contribution in [-0.4, -0.2) is 42.9 Å². The van der Waals surface area contributed by atoms with Crippen molar-refractivity contribution in [2.45, 2.75) is 32.7 Å². The minimum atomic E-state index is 0.271. The van der Waals surface area contributed by atoms with Crippen LogP contribution in [0, 0.1) is 11.3 Å². The van der Waals surface area contributed by atoms with Gasteiger partial charge in [-0.1, -0.05) is 12.1 Å². The maximum atomic E-state index is 11.6. The average molecular weight is 327 g/mol. The third kappa shape index (κ3) is 5.58. The van der Waals surface area contributed by atoms with Crippen LogP contribution in [0.2, 0.25) is 0 Å². The van der Waals surface area contributed by atoms with E-state index in [-0.39, 0.29) is 5.91 Å². The minimum Gasteiger partial charge on any atom is -0.357 e. The molecule has 2 N–H and O–H groups in total. The molecule has 2 rings (SSSR count). The number of hydrogen-bond donors (Lipinski definition) is 2. The molecule has 0 saturated carbocycles. The van der Waals surface area contributed by atoms with Gasteiger partial charge in [0.1, 0.15) is 0 Å². The van der Waals surface area contributed by atoms with E-state index in [0.29, 0.717) is 18.5 Å². The van der Waals surface area contributed by atoms with Crippen molar-refractivity contribution in [1.29, 1.82) is 5.26 Å². The maximum absolute atomic E-state index is 11.6. The Kier molecular flexibility index (Phi) is 7.09. The summed E-state index contributed by atoms with van der Waals surface area (Å²) in [6, 6.07) is 9.62. The highest BCUT2D eigenvalue weighted by Crippen LogP contribution is 2.09. The summed E-state index contributed by atoms with van der Waals surface area (Å²) in [5.74, 6) is 1.03. The van der Waals surface area contributed by atoms with E-state index in [1.807, 2.05) is 30.0 Å². The van der Waals surface area contributed by atoms with Crippen molar-refractivity contribution >= 4 is 11.9 Å². The lowest BCUT2D eigenvalue weighted by atomic mass is 10.1. The molecule has 1 aromatic rings. The molecule has 0 aromatic heterocycles. The number of nitrogens with zero attached hydrogens (tertiary/aromatic N) is 3. The van der Waals surface area contributed by atoms with E-state index >= 15 is 0 Å². The second kappa shape index (κ2) is 9.56. The molecule has 0 spiro atoms. The zero-order chi connectivity index (χ0) is 17.2. The van der Waals surface area contributed by atoms with Crippen LogP contribution in [0.5, 0.6) is 0 Å². The Hall–Kier alpha value is -2.55. The summed E-state index contributed by atoms with van der Waals surface area (Å²) >= 11 is 0. The molecule has 128 valence electrons. The van der Waals surface area contributed by atoms with E-state index in [1.54, 1.807) is 6.07 Å². The molecule has 6 nitrogen and oxygen atoms in total. The van der Waals surface area contributed by atoms with Gasteiger partial charge in [0, 0.05) is 32.6 Å². The highest BCUT2D eigenvalue weighted by atomic mass is 16.2. The Morgan fingerprint density at radius 2 is 2.29 bits per heavy atom. The van der Waals surface area contributed by atoms with Crippen molar-refractivity contribution in [3.05, 3.63) is 35.4 Å². The molecule has 1 heterocycles. The molecule has 1 amide bonds. The van der Waals surface area contributed by atoms with Gasteiger partial charge < -0.3 is 15.5 Å². The number of likely N-dealkylation sites (tertiary alicyclic amines) is 1. The first-order chi connectivity index (χ1) is 11.7. The number of guanidine groups is 1. The van der Waals surface area contributed by atoms with E-state index in [0.717, 1.165) is 50.5 Å². The van der Waals surface area contributed by atoms with Crippen molar-refractivity contribution < 1.29 is 4.79 Å². The summed E-state index contributed by atoms with van der Waals surface area (Å²) in [6.45, 7) is 5.80. The molecule has 0 atom stereocenters. The molecule has 0 bridgehead atoms. The molecule has 1 fully saturated rings. The quantitative estimate of drug-likeness (QED) is 0.453. The number of nitriles is 1. The van der Waals surface area contributed by atoms with Gasteiger partial charge in [0.05, 0.1) is 18.2 Å². The molecule has 0 unspecified atom stereocenters. The zero-order valence-electron chi connectivity index (χ0n) is 14.2. The molecule has 24 heavy (non-hydrogen) atoms. The smallest absolute Gasteiger partial charge is 0.222 e. The number of carbonyl (C=O) groups is 1. The monoisotopic (exact) mass is 327 g/mol. The summed E-state index contributed by atoms with van der Waals surface area (Å²) in [5.41, 5.74) is 1.66. The molecule has 1 aromatic carbocycles. The molecule has 0 aliphatic carbocycles. The summed E-state index contributed by atoms with van der Waals surface area (Å²) in [4.78, 5) is 18.0. The number of carbonyl (C=O) groups excluding carboxylic acids is 1. The average Bonchev–Trinajstić information content (AvgIpc) is 3.01. The molecule has 1 aliphatic heterocycles. The SMILES string of the molecule is CCNC(=NCc1cccc(C#N)c1)NCCCN1CCCC1=O. The van der Waals surface area contributed by atoms with Crippen molar-refractivity contribution in [1.82, 2.24) is 15.5 Å². The number of rotatable bonds is 7. The van der Waals surface area contributed by atoms with Crippen LogP contribution in [0.4, 0.5) is 0 Å². The molecule has 6 heteroatoms. The molecule has 1 saturated heterocycles. The van der Waals surface area contributed by atoms with Gasteiger partial charge in [-0.3, -0.25) is 4.79 Å². The fourth-order valence-corrected chi connectivity index (χ4v) is 2.67. The molecular weight excluding hydrogens is 302 g/mol. The predicted molar refractivity (Wildman–Crippen MR) is 94.4 cm³/mol. The van der Waals surface area contributed by atoms with Crippen LogP contribution in [0.15, 0.2) is 29.3 Å². The largest absolute Gasteiger partial charge is 0.357 e. The third-order valence-corrected chi connectivity index (χ3v) is 3.89. The predicted octanol–water partition coefficient (Wildman–Crippen LogP) is 1.63. The number of nitrogens with one attached hydrogen (secondary N) is 2. The number of benzene rings is 1. The molecular formula is C18H25N5O. The minimum absolute atomic E-state index is 0.271. The van der Waals surface area contributed by atoms with Crippen molar-refractivity contribution in [3.63, 3.8) is 0 Å². The van der Waals surface area contributed by atoms with Gasteiger partial charge >= 0.3 is 0 Å². The Morgan fingerprint density at radius 1 is 1.42 bits per heavy atom. The van der Waals surface area contributed by atoms with Crippen molar-refractivity contribution in [2.24, 2.45) is 4.99 Å². The highest BCUT2D eigenvalue weighted by molar-refractivity contribution is 5.79. The summed E-state index contributed by atoms with van der Waals surface area (Å²) in [7, 11) is 0. The third-order valence-electron chi connectivity index (χ3n) is 3.89. The lowest BCUT2D eigenvalue weighted by Gasteiger charge is -2.16. The Morgan fingerprint density at radius 3 is 3.00 bits per heavy atom. The van der Waals surface area contributed by atoms with Crippen molar-refractivity contribution in [2.75, 3.05) is 26.2 Å². The van der Waals surface area contributed by atoms with E-state index < -0.39 is 0 Å². The summed E-state index contributed by atoms with van der Waals surface area (Å²) < 4.78 is 0. The molecule has 1 aliphatic rings. The van der Waals surface area contributed by atoms with Crippen LogP contribution in [0.25, 0.3) is 0 Å². The molecule has 0 radical (unpaired) electrons. The van der Waals surface area contributed by atoms with Gasteiger partial charge in [0.15, 0.2) is 5.96 Å². The van der Waals surface area contributed by atoms with Crippen LogP contribution < -0.4 is 10.6 Å². The van der Waals surface area contributed by atoms with E-state index in [2.05, 4.69) is 21.7 Å². The Balaban J connectivity index is 1.79. The highest BCUT2D eigenvalue weighted by Gasteiger charge is 2.18. The van der Waals surface area contributed by atoms with Gasteiger partial charge in [0.2, 0.25) is 5.91 Å². The first-order valence-corrected chi connectivity index (χ1v) is 8.52. The van der Waals surface area contributed by atoms with E-state index in [4.69, 9.17) is 5.26 Å². The van der Waals surface area contributed by atoms with Crippen molar-refractivity contribution in [3.8, 4) is 6.07 Å². The topological polar surface area (TPSA) is 80.5 Å². The number of aliphatic imine (C=N–C) groups is 1. The van der Waals surface area contributed by atoms with Gasteiger partial charge in [0.25, 0.3) is 0 Å². The first-order valence-electron chi connectivity index (χ1n) is 8.52. The standard InChI is InChI=1S/C18H25N5O/c1-2-20-18(21-9-5-11-23-10-4-8-17(23)24)22-14-16-7-3-6-15(12-16)13-19/h3,6-7,12H,2,4-5,8-11,14H2,1H3,(H2,20,21,22).